The Bertz CT molecular complexity index is 391. The molecular formula is C12H19ClN2OS. The fourth-order valence-corrected chi connectivity index (χ4v) is 2.34. The number of aliphatic hydroxyl groups is 1. The van der Waals surface area contributed by atoms with Crippen LogP contribution in [0, 0.1) is 6.92 Å². The summed E-state index contributed by atoms with van der Waals surface area (Å²) in [6.45, 7) is 8.33. The van der Waals surface area contributed by atoms with Crippen molar-refractivity contribution in [2.24, 2.45) is 0 Å². The normalized spacial score (nSPS) is 11.9. The molecule has 0 bridgehead atoms. The third-order valence-corrected chi connectivity index (χ3v) is 3.79. The number of hydrogen-bond acceptors (Lipinski definition) is 4. The lowest BCUT2D eigenvalue weighted by Crippen LogP contribution is -2.17. The molecule has 1 aromatic rings. The summed E-state index contributed by atoms with van der Waals surface area (Å²) >= 11 is 7.74. The highest BCUT2D eigenvalue weighted by Gasteiger charge is 2.20. The Balaban J connectivity index is 2.99. The molecule has 5 heteroatoms. The molecular weight excluding hydrogens is 256 g/mol. The van der Waals surface area contributed by atoms with E-state index in [4.69, 9.17) is 16.7 Å². The van der Waals surface area contributed by atoms with E-state index in [2.05, 4.69) is 30.7 Å². The standard InChI is InChI=1S/C12H19ClN2OS/c1-8-9(13)14-11(12(2,3)4)15-10(8)17-7-5-6-16/h16H,5-7H2,1-4H3. The number of halogens is 1. The molecule has 0 radical (unpaired) electrons. The van der Waals surface area contributed by atoms with Crippen LogP contribution < -0.4 is 0 Å². The summed E-state index contributed by atoms with van der Waals surface area (Å²) in [5, 5.41) is 10.2. The maximum Gasteiger partial charge on any atom is 0.136 e. The molecule has 17 heavy (non-hydrogen) atoms. The molecule has 0 aliphatic heterocycles. The number of hydrogen-bond donors (Lipinski definition) is 1. The molecule has 0 aliphatic carbocycles. The van der Waals surface area contributed by atoms with Crippen LogP contribution in [-0.2, 0) is 5.41 Å². The van der Waals surface area contributed by atoms with Crippen molar-refractivity contribution in [3.63, 3.8) is 0 Å². The van der Waals surface area contributed by atoms with Crippen molar-refractivity contribution in [3.8, 4) is 0 Å². The summed E-state index contributed by atoms with van der Waals surface area (Å²) in [5.74, 6) is 1.61. The largest absolute Gasteiger partial charge is 0.396 e. The molecule has 0 saturated carbocycles. The van der Waals surface area contributed by atoms with Crippen LogP contribution in [0.4, 0.5) is 0 Å². The first kappa shape index (κ1) is 14.7. The monoisotopic (exact) mass is 274 g/mol. The molecule has 0 fully saturated rings. The molecule has 0 atom stereocenters. The van der Waals surface area contributed by atoms with E-state index >= 15 is 0 Å². The van der Waals surface area contributed by atoms with E-state index in [0.717, 1.165) is 28.6 Å². The number of nitrogens with zero attached hydrogens (tertiary/aromatic N) is 2. The molecule has 3 nitrogen and oxygen atoms in total. The predicted octanol–water partition coefficient (Wildman–Crippen LogP) is 3.21. The van der Waals surface area contributed by atoms with Crippen molar-refractivity contribution in [1.29, 1.82) is 0 Å². The molecule has 1 N–H and O–H groups in total. The Morgan fingerprint density at radius 3 is 2.47 bits per heavy atom. The summed E-state index contributed by atoms with van der Waals surface area (Å²) in [7, 11) is 0. The van der Waals surface area contributed by atoms with Gasteiger partial charge >= 0.3 is 0 Å². The second-order valence-electron chi connectivity index (χ2n) is 4.94. The van der Waals surface area contributed by atoms with Crippen molar-refractivity contribution in [2.75, 3.05) is 12.4 Å². The molecule has 0 aromatic carbocycles. The summed E-state index contributed by atoms with van der Waals surface area (Å²) < 4.78 is 0. The summed E-state index contributed by atoms with van der Waals surface area (Å²) in [6, 6.07) is 0. The van der Waals surface area contributed by atoms with Crippen molar-refractivity contribution >= 4 is 23.4 Å². The van der Waals surface area contributed by atoms with E-state index in [1.54, 1.807) is 11.8 Å². The van der Waals surface area contributed by atoms with Crippen LogP contribution >= 0.6 is 23.4 Å². The first-order valence-corrected chi connectivity index (χ1v) is 7.01. The van der Waals surface area contributed by atoms with Crippen LogP contribution in [0.25, 0.3) is 0 Å². The van der Waals surface area contributed by atoms with Gasteiger partial charge in [-0.05, 0) is 13.3 Å². The van der Waals surface area contributed by atoms with Gasteiger partial charge in [0.1, 0.15) is 16.0 Å². The number of rotatable bonds is 4. The molecule has 1 heterocycles. The SMILES string of the molecule is Cc1c(Cl)nc(C(C)(C)C)nc1SCCCO. The summed E-state index contributed by atoms with van der Waals surface area (Å²) in [6.07, 6.45) is 0.760. The Hall–Kier alpha value is -0.320. The quantitative estimate of drug-likeness (QED) is 0.520. The summed E-state index contributed by atoms with van der Waals surface area (Å²) in [4.78, 5) is 8.89. The van der Waals surface area contributed by atoms with E-state index in [9.17, 15) is 0 Å². The van der Waals surface area contributed by atoms with Crippen LogP contribution in [0.1, 0.15) is 38.6 Å². The molecule has 1 aromatic heterocycles. The van der Waals surface area contributed by atoms with E-state index in [-0.39, 0.29) is 12.0 Å². The van der Waals surface area contributed by atoms with Gasteiger partial charge in [0, 0.05) is 23.3 Å². The van der Waals surface area contributed by atoms with Gasteiger partial charge in [-0.15, -0.1) is 11.8 Å². The highest BCUT2D eigenvalue weighted by atomic mass is 35.5. The van der Waals surface area contributed by atoms with Gasteiger partial charge in [0.15, 0.2) is 0 Å². The van der Waals surface area contributed by atoms with Gasteiger partial charge in [0.25, 0.3) is 0 Å². The fourth-order valence-electron chi connectivity index (χ4n) is 1.18. The highest BCUT2D eigenvalue weighted by molar-refractivity contribution is 7.99. The Morgan fingerprint density at radius 2 is 1.94 bits per heavy atom. The average Bonchev–Trinajstić information content (AvgIpc) is 2.22. The van der Waals surface area contributed by atoms with Crippen LogP contribution in [0.15, 0.2) is 5.03 Å². The molecule has 0 amide bonds. The minimum atomic E-state index is -0.108. The second-order valence-corrected chi connectivity index (χ2v) is 6.39. The third-order valence-electron chi connectivity index (χ3n) is 2.25. The maximum atomic E-state index is 8.78. The van der Waals surface area contributed by atoms with Gasteiger partial charge in [-0.25, -0.2) is 9.97 Å². The van der Waals surface area contributed by atoms with Gasteiger partial charge in [0.05, 0.1) is 0 Å². The third kappa shape index (κ3) is 4.12. The predicted molar refractivity (Wildman–Crippen MR) is 72.9 cm³/mol. The molecule has 0 spiro atoms. The van der Waals surface area contributed by atoms with Crippen molar-refractivity contribution in [2.45, 2.75) is 44.6 Å². The van der Waals surface area contributed by atoms with Crippen LogP contribution in [0.5, 0.6) is 0 Å². The molecule has 0 saturated heterocycles. The lowest BCUT2D eigenvalue weighted by atomic mass is 9.96. The van der Waals surface area contributed by atoms with Gasteiger partial charge in [0.2, 0.25) is 0 Å². The maximum absolute atomic E-state index is 8.78. The first-order chi connectivity index (χ1) is 7.86. The minimum Gasteiger partial charge on any atom is -0.396 e. The smallest absolute Gasteiger partial charge is 0.136 e. The van der Waals surface area contributed by atoms with Crippen LogP contribution in [0.2, 0.25) is 5.15 Å². The minimum absolute atomic E-state index is 0.108. The van der Waals surface area contributed by atoms with E-state index in [0.29, 0.717) is 5.15 Å². The lowest BCUT2D eigenvalue weighted by molar-refractivity contribution is 0.296. The first-order valence-electron chi connectivity index (χ1n) is 5.64. The van der Waals surface area contributed by atoms with Crippen LogP contribution in [0.3, 0.4) is 0 Å². The van der Waals surface area contributed by atoms with Crippen molar-refractivity contribution in [1.82, 2.24) is 9.97 Å². The topological polar surface area (TPSA) is 46.0 Å². The zero-order valence-electron chi connectivity index (χ0n) is 10.7. The fraction of sp³-hybridized carbons (Fsp3) is 0.667. The molecule has 0 unspecified atom stereocenters. The van der Waals surface area contributed by atoms with E-state index in [1.165, 1.54) is 0 Å². The van der Waals surface area contributed by atoms with Crippen molar-refractivity contribution < 1.29 is 5.11 Å². The Labute approximate surface area is 112 Å². The molecule has 0 aliphatic rings. The molecule has 1 rings (SSSR count). The number of thioether (sulfide) groups is 1. The van der Waals surface area contributed by atoms with E-state index < -0.39 is 0 Å². The lowest BCUT2D eigenvalue weighted by Gasteiger charge is -2.18. The van der Waals surface area contributed by atoms with Crippen molar-refractivity contribution in [3.05, 3.63) is 16.5 Å². The summed E-state index contributed by atoms with van der Waals surface area (Å²) in [5.41, 5.74) is 0.812. The molecule has 96 valence electrons. The van der Waals surface area contributed by atoms with Gasteiger partial charge in [-0.2, -0.15) is 0 Å². The Kier molecular flexibility index (Phi) is 5.22. The van der Waals surface area contributed by atoms with E-state index in [1.807, 2.05) is 6.92 Å². The van der Waals surface area contributed by atoms with Crippen LogP contribution in [-0.4, -0.2) is 27.4 Å². The average molecular weight is 275 g/mol. The zero-order valence-corrected chi connectivity index (χ0v) is 12.3. The Morgan fingerprint density at radius 1 is 1.29 bits per heavy atom. The van der Waals surface area contributed by atoms with Gasteiger partial charge in [-0.3, -0.25) is 0 Å². The van der Waals surface area contributed by atoms with Gasteiger partial charge < -0.3 is 5.11 Å². The highest BCUT2D eigenvalue weighted by Crippen LogP contribution is 2.29. The van der Waals surface area contributed by atoms with Gasteiger partial charge in [-0.1, -0.05) is 32.4 Å². The number of aromatic nitrogens is 2. The zero-order chi connectivity index (χ0) is 13.1. The second kappa shape index (κ2) is 6.03. The number of aliphatic hydroxyl groups excluding tert-OH is 1.